The van der Waals surface area contributed by atoms with Gasteiger partial charge in [-0.05, 0) is 68.5 Å². The van der Waals surface area contributed by atoms with Crippen LogP contribution in [0.1, 0.15) is 39.0 Å². The lowest BCUT2D eigenvalue weighted by Gasteiger charge is -2.27. The molecule has 0 amide bonds. The molecule has 5 rings (SSSR count). The Kier molecular flexibility index (Phi) is 5.41. The van der Waals surface area contributed by atoms with E-state index in [2.05, 4.69) is 67.6 Å². The van der Waals surface area contributed by atoms with E-state index in [0.717, 1.165) is 32.1 Å². The van der Waals surface area contributed by atoms with E-state index < -0.39 is 0 Å². The minimum absolute atomic E-state index is 0.0432. The van der Waals surface area contributed by atoms with E-state index in [9.17, 15) is 4.79 Å². The molecule has 31 heavy (non-hydrogen) atoms. The molecule has 4 aromatic rings. The van der Waals surface area contributed by atoms with Crippen LogP contribution in [-0.4, -0.2) is 18.2 Å². The van der Waals surface area contributed by atoms with Gasteiger partial charge < -0.3 is 9.47 Å². The molecule has 0 atom stereocenters. The van der Waals surface area contributed by atoms with Gasteiger partial charge in [-0.15, -0.1) is 0 Å². The molecule has 0 spiro atoms. The van der Waals surface area contributed by atoms with Gasteiger partial charge in [0.05, 0.1) is 0 Å². The van der Waals surface area contributed by atoms with Crippen LogP contribution in [0.3, 0.4) is 0 Å². The monoisotopic (exact) mass is 431 g/mol. The largest absolute Gasteiger partial charge is 0.482 e. The van der Waals surface area contributed by atoms with E-state index in [1.165, 1.54) is 25.1 Å². The molecular formula is C27H27O3S+. The molecule has 3 nitrogen and oxygen atoms in total. The zero-order chi connectivity index (χ0) is 21.3. The van der Waals surface area contributed by atoms with Gasteiger partial charge >= 0.3 is 5.97 Å². The summed E-state index contributed by atoms with van der Waals surface area (Å²) < 4.78 is 14.3. The van der Waals surface area contributed by atoms with Crippen LogP contribution < -0.4 is 4.74 Å². The summed E-state index contributed by atoms with van der Waals surface area (Å²) in [7, 11) is -0.119. The van der Waals surface area contributed by atoms with Gasteiger partial charge in [0.2, 0.25) is 0 Å². The first-order valence-corrected chi connectivity index (χ1v) is 12.3. The predicted octanol–water partition coefficient (Wildman–Crippen LogP) is 7.38. The minimum atomic E-state index is -0.270. The summed E-state index contributed by atoms with van der Waals surface area (Å²) in [6.45, 7) is 2.05. The number of esters is 1. The molecule has 1 aromatic heterocycles. The first kappa shape index (κ1) is 20.1. The highest BCUT2D eigenvalue weighted by Gasteiger charge is 2.35. The van der Waals surface area contributed by atoms with Gasteiger partial charge in [0.25, 0.3) is 0 Å². The van der Waals surface area contributed by atoms with Crippen molar-refractivity contribution in [2.24, 2.45) is 0 Å². The quantitative estimate of drug-likeness (QED) is 0.236. The first-order valence-electron chi connectivity index (χ1n) is 11.1. The van der Waals surface area contributed by atoms with Crippen LogP contribution in [0, 0.1) is 0 Å². The van der Waals surface area contributed by atoms with Crippen molar-refractivity contribution < 1.29 is 14.3 Å². The highest BCUT2D eigenvalue weighted by molar-refractivity contribution is 7.50. The van der Waals surface area contributed by atoms with E-state index in [1.54, 1.807) is 0 Å². The van der Waals surface area contributed by atoms with E-state index in [1.807, 2.05) is 12.1 Å². The molecule has 1 aliphatic carbocycles. The Bertz CT molecular complexity index is 1160. The lowest BCUT2D eigenvalue weighted by Crippen LogP contribution is -2.33. The van der Waals surface area contributed by atoms with Crippen LogP contribution in [0.4, 0.5) is 0 Å². The third-order valence-electron chi connectivity index (χ3n) is 6.41. The van der Waals surface area contributed by atoms with Crippen LogP contribution in [-0.2, 0) is 9.53 Å². The van der Waals surface area contributed by atoms with Crippen molar-refractivity contribution >= 4 is 36.6 Å². The van der Waals surface area contributed by atoms with Crippen LogP contribution in [0.15, 0.2) is 72.8 Å². The molecule has 0 unspecified atom stereocenters. The number of carbonyl (C=O) groups excluding carboxylic acids is 1. The third-order valence-corrected chi connectivity index (χ3v) is 8.74. The fourth-order valence-electron chi connectivity index (χ4n) is 4.74. The van der Waals surface area contributed by atoms with Crippen molar-refractivity contribution in [3.63, 3.8) is 0 Å². The molecule has 0 radical (unpaired) electrons. The zero-order valence-corrected chi connectivity index (χ0v) is 18.6. The highest BCUT2D eigenvalue weighted by atomic mass is 32.2. The SMILES string of the molecule is CCC1(OC(=O)COc2ccc(-[s+]3c4ccccc4c4ccccc43)cc2)CCCC1. The topological polar surface area (TPSA) is 35.5 Å². The van der Waals surface area contributed by atoms with Crippen molar-refractivity contribution in [3.8, 4) is 10.6 Å². The molecule has 3 aromatic carbocycles. The van der Waals surface area contributed by atoms with Crippen molar-refractivity contribution in [1.29, 1.82) is 0 Å². The van der Waals surface area contributed by atoms with Gasteiger partial charge in [-0.3, -0.25) is 0 Å². The van der Waals surface area contributed by atoms with Crippen LogP contribution in [0.25, 0.3) is 25.1 Å². The van der Waals surface area contributed by atoms with E-state index >= 15 is 0 Å². The molecule has 0 N–H and O–H groups in total. The standard InChI is InChI=1S/C27H27O3S/c1-2-27(17-7-8-18-27)30-26(28)19-29-20-13-15-21(16-14-20)31-24-11-5-3-9-22(24)23-10-4-6-12-25(23)31/h3-6,9-16H,2,7-8,17-19H2,1H3/q+1. The lowest BCUT2D eigenvalue weighted by molar-refractivity contribution is -0.162. The van der Waals surface area contributed by atoms with Gasteiger partial charge in [-0.25, -0.2) is 4.79 Å². The molecule has 1 saturated carbocycles. The van der Waals surface area contributed by atoms with E-state index in [-0.39, 0.29) is 28.6 Å². The Hall–Kier alpha value is -2.85. The summed E-state index contributed by atoms with van der Waals surface area (Å²) in [6, 6.07) is 25.5. The van der Waals surface area contributed by atoms with Gasteiger partial charge in [-0.1, -0.05) is 31.2 Å². The van der Waals surface area contributed by atoms with Crippen LogP contribution in [0.2, 0.25) is 0 Å². The maximum Gasteiger partial charge on any atom is 0.344 e. The highest BCUT2D eigenvalue weighted by Crippen LogP contribution is 2.48. The number of hydrogen-bond acceptors (Lipinski definition) is 3. The molecule has 1 fully saturated rings. The van der Waals surface area contributed by atoms with Gasteiger partial charge in [0.15, 0.2) is 20.9 Å². The van der Waals surface area contributed by atoms with Crippen LogP contribution in [0.5, 0.6) is 5.75 Å². The summed E-state index contributed by atoms with van der Waals surface area (Å²) in [5.74, 6) is 0.426. The summed E-state index contributed by atoms with van der Waals surface area (Å²) in [5.41, 5.74) is -0.269. The molecule has 1 aliphatic rings. The number of thiophene rings is 1. The number of ether oxygens (including phenoxy) is 2. The summed E-state index contributed by atoms with van der Waals surface area (Å²) >= 11 is 0. The number of hydrogen-bond donors (Lipinski definition) is 0. The molecule has 0 aliphatic heterocycles. The number of carbonyl (C=O) groups is 1. The molecule has 0 saturated heterocycles. The second-order valence-corrected chi connectivity index (χ2v) is 10.2. The van der Waals surface area contributed by atoms with E-state index in [4.69, 9.17) is 9.47 Å². The predicted molar refractivity (Wildman–Crippen MR) is 128 cm³/mol. The maximum absolute atomic E-state index is 12.3. The smallest absolute Gasteiger partial charge is 0.344 e. The Morgan fingerprint density at radius 1 is 0.871 bits per heavy atom. The average molecular weight is 432 g/mol. The Balaban J connectivity index is 1.34. The second kappa shape index (κ2) is 8.35. The molecule has 4 heteroatoms. The number of benzene rings is 3. The van der Waals surface area contributed by atoms with E-state index in [0.29, 0.717) is 5.75 Å². The maximum atomic E-state index is 12.3. The first-order chi connectivity index (χ1) is 15.2. The van der Waals surface area contributed by atoms with Gasteiger partial charge in [0.1, 0.15) is 11.4 Å². The normalized spacial score (nSPS) is 15.4. The Labute approximate surface area is 185 Å². The molecular weight excluding hydrogens is 404 g/mol. The molecule has 158 valence electrons. The van der Waals surface area contributed by atoms with Crippen molar-refractivity contribution in [2.75, 3.05) is 6.61 Å². The van der Waals surface area contributed by atoms with Gasteiger partial charge in [0, 0.05) is 33.4 Å². The Morgan fingerprint density at radius 3 is 2.03 bits per heavy atom. The summed E-state index contributed by atoms with van der Waals surface area (Å²) in [6.07, 6.45) is 5.08. The van der Waals surface area contributed by atoms with Gasteiger partial charge in [-0.2, -0.15) is 0 Å². The van der Waals surface area contributed by atoms with Crippen LogP contribution >= 0.6 is 10.5 Å². The number of rotatable bonds is 6. The number of fused-ring (bicyclic) bond motifs is 3. The lowest BCUT2D eigenvalue weighted by atomic mass is 9.99. The zero-order valence-electron chi connectivity index (χ0n) is 17.8. The minimum Gasteiger partial charge on any atom is -0.482 e. The summed E-state index contributed by atoms with van der Waals surface area (Å²) in [4.78, 5) is 13.6. The summed E-state index contributed by atoms with van der Waals surface area (Å²) in [5, 5.41) is 2.64. The fraction of sp³-hybridized carbons (Fsp3) is 0.296. The second-order valence-electron chi connectivity index (χ2n) is 8.28. The molecule has 1 heterocycles. The third kappa shape index (κ3) is 3.81. The molecule has 0 bridgehead atoms. The van der Waals surface area contributed by atoms with Crippen molar-refractivity contribution in [1.82, 2.24) is 0 Å². The Morgan fingerprint density at radius 2 is 1.45 bits per heavy atom. The van der Waals surface area contributed by atoms with Crippen molar-refractivity contribution in [3.05, 3.63) is 72.8 Å². The fourth-order valence-corrected chi connectivity index (χ4v) is 7.12. The van der Waals surface area contributed by atoms with Crippen molar-refractivity contribution in [2.45, 2.75) is 44.6 Å². The average Bonchev–Trinajstić information content (AvgIpc) is 3.41.